The first-order valence-electron chi connectivity index (χ1n) is 9.72. The maximum absolute atomic E-state index is 13.2. The maximum atomic E-state index is 13.2. The minimum Gasteiger partial charge on any atom is -0.360 e. The summed E-state index contributed by atoms with van der Waals surface area (Å²) >= 11 is 0. The van der Waals surface area contributed by atoms with Gasteiger partial charge < -0.3 is 9.84 Å². The van der Waals surface area contributed by atoms with E-state index < -0.39 is 10.0 Å². The average molecular weight is 406 g/mol. The van der Waals surface area contributed by atoms with Gasteiger partial charge in [-0.2, -0.15) is 4.31 Å². The summed E-state index contributed by atoms with van der Waals surface area (Å²) in [7, 11) is -3.60. The number of amides is 1. The van der Waals surface area contributed by atoms with E-state index in [1.54, 1.807) is 36.4 Å². The molecule has 1 aromatic carbocycles. The van der Waals surface area contributed by atoms with Gasteiger partial charge in [0.2, 0.25) is 10.0 Å². The Balaban J connectivity index is 1.89. The van der Waals surface area contributed by atoms with Gasteiger partial charge in [0.25, 0.3) is 5.91 Å². The molecule has 0 atom stereocenters. The highest BCUT2D eigenvalue weighted by atomic mass is 32.2. The van der Waals surface area contributed by atoms with Gasteiger partial charge in [-0.3, -0.25) is 4.79 Å². The second kappa shape index (κ2) is 8.45. The van der Waals surface area contributed by atoms with E-state index in [1.165, 1.54) is 0 Å². The topological polar surface area (TPSA) is 92.5 Å². The number of sulfonamides is 1. The summed E-state index contributed by atoms with van der Waals surface area (Å²) in [5, 5.41) is 6.65. The largest absolute Gasteiger partial charge is 0.360 e. The Bertz CT molecular complexity index is 958. The predicted molar refractivity (Wildman–Crippen MR) is 107 cm³/mol. The number of benzene rings is 1. The molecule has 1 fully saturated rings. The molecule has 1 N–H and O–H groups in total. The zero-order valence-corrected chi connectivity index (χ0v) is 17.4. The van der Waals surface area contributed by atoms with Gasteiger partial charge in [0.1, 0.15) is 11.3 Å². The van der Waals surface area contributed by atoms with Crippen LogP contribution < -0.4 is 5.32 Å². The van der Waals surface area contributed by atoms with Gasteiger partial charge >= 0.3 is 0 Å². The Labute approximate surface area is 166 Å². The smallest absolute Gasteiger partial charge is 0.261 e. The summed E-state index contributed by atoms with van der Waals surface area (Å²) in [6.45, 7) is 6.45. The molecule has 1 amide bonds. The minimum absolute atomic E-state index is 0.241. The third kappa shape index (κ3) is 4.12. The van der Waals surface area contributed by atoms with Gasteiger partial charge in [0, 0.05) is 25.2 Å². The third-order valence-corrected chi connectivity index (χ3v) is 7.15. The van der Waals surface area contributed by atoms with E-state index >= 15 is 0 Å². The van der Waals surface area contributed by atoms with Crippen molar-refractivity contribution < 1.29 is 17.7 Å². The fraction of sp³-hybridized carbons (Fsp3) is 0.500. The second-order valence-electron chi connectivity index (χ2n) is 7.17. The number of carbonyl (C=O) groups is 1. The molecule has 0 radical (unpaired) electrons. The van der Waals surface area contributed by atoms with E-state index in [0.717, 1.165) is 25.7 Å². The van der Waals surface area contributed by atoms with E-state index in [0.29, 0.717) is 47.8 Å². The SMILES string of the molecule is CCc1onc(C)c1C(=O)Nc1ccc(C)c(S(=O)(=O)N2CCCCCC2)c1. The lowest BCUT2D eigenvalue weighted by Crippen LogP contribution is -2.32. The summed E-state index contributed by atoms with van der Waals surface area (Å²) in [5.74, 6) is 0.164. The van der Waals surface area contributed by atoms with Gasteiger partial charge in [-0.05, 0) is 44.4 Å². The number of hydrogen-bond acceptors (Lipinski definition) is 5. The van der Waals surface area contributed by atoms with Crippen molar-refractivity contribution in [3.05, 3.63) is 40.8 Å². The lowest BCUT2D eigenvalue weighted by molar-refractivity contribution is 0.102. The first kappa shape index (κ1) is 20.5. The molecule has 0 spiro atoms. The third-order valence-electron chi connectivity index (χ3n) is 5.11. The van der Waals surface area contributed by atoms with Crippen molar-refractivity contribution in [3.63, 3.8) is 0 Å². The number of nitrogens with zero attached hydrogens (tertiary/aromatic N) is 2. The fourth-order valence-electron chi connectivity index (χ4n) is 3.52. The molecule has 0 bridgehead atoms. The molecular weight excluding hydrogens is 378 g/mol. The van der Waals surface area contributed by atoms with E-state index in [1.807, 2.05) is 6.92 Å². The van der Waals surface area contributed by atoms with Gasteiger partial charge in [-0.25, -0.2) is 8.42 Å². The van der Waals surface area contributed by atoms with Crippen molar-refractivity contribution in [3.8, 4) is 0 Å². The number of hydrogen-bond donors (Lipinski definition) is 1. The Hall–Kier alpha value is -2.19. The highest BCUT2D eigenvalue weighted by molar-refractivity contribution is 7.89. The molecule has 28 heavy (non-hydrogen) atoms. The summed E-state index contributed by atoms with van der Waals surface area (Å²) < 4.78 is 33.1. The number of rotatable bonds is 5. The van der Waals surface area contributed by atoms with E-state index in [2.05, 4.69) is 10.5 Å². The van der Waals surface area contributed by atoms with Crippen molar-refractivity contribution in [1.29, 1.82) is 0 Å². The van der Waals surface area contributed by atoms with E-state index in [-0.39, 0.29) is 10.8 Å². The molecule has 1 saturated heterocycles. The van der Waals surface area contributed by atoms with E-state index in [4.69, 9.17) is 4.52 Å². The van der Waals surface area contributed by atoms with Crippen LogP contribution in [0.15, 0.2) is 27.6 Å². The van der Waals surface area contributed by atoms with Crippen LogP contribution >= 0.6 is 0 Å². The average Bonchev–Trinajstić information content (AvgIpc) is 2.85. The highest BCUT2D eigenvalue weighted by Crippen LogP contribution is 2.26. The fourth-order valence-corrected chi connectivity index (χ4v) is 5.29. The monoisotopic (exact) mass is 405 g/mol. The number of anilines is 1. The number of nitrogens with one attached hydrogen (secondary N) is 1. The molecule has 1 aromatic heterocycles. The lowest BCUT2D eigenvalue weighted by atomic mass is 10.1. The van der Waals surface area contributed by atoms with Crippen molar-refractivity contribution in [2.24, 2.45) is 0 Å². The molecule has 0 aliphatic carbocycles. The molecule has 2 heterocycles. The Morgan fingerprint density at radius 1 is 1.18 bits per heavy atom. The van der Waals surface area contributed by atoms with Crippen LogP contribution in [0, 0.1) is 13.8 Å². The number of carbonyl (C=O) groups excluding carboxylic acids is 1. The maximum Gasteiger partial charge on any atom is 0.261 e. The molecule has 1 aliphatic rings. The predicted octanol–water partition coefficient (Wildman–Crippen LogP) is 3.67. The van der Waals surface area contributed by atoms with E-state index in [9.17, 15) is 13.2 Å². The van der Waals surface area contributed by atoms with Crippen LogP contribution in [0.25, 0.3) is 0 Å². The summed E-state index contributed by atoms with van der Waals surface area (Å²) in [4.78, 5) is 12.9. The van der Waals surface area contributed by atoms with Crippen molar-refractivity contribution >= 4 is 21.6 Å². The molecule has 152 valence electrons. The zero-order valence-electron chi connectivity index (χ0n) is 16.6. The van der Waals surface area contributed by atoms with Gasteiger partial charge in [-0.15, -0.1) is 0 Å². The lowest BCUT2D eigenvalue weighted by Gasteiger charge is -2.21. The van der Waals surface area contributed by atoms with Crippen LogP contribution in [0.5, 0.6) is 0 Å². The second-order valence-corrected chi connectivity index (χ2v) is 9.08. The molecule has 0 unspecified atom stereocenters. The number of aromatic nitrogens is 1. The quantitative estimate of drug-likeness (QED) is 0.819. The Morgan fingerprint density at radius 3 is 2.50 bits per heavy atom. The Morgan fingerprint density at radius 2 is 1.86 bits per heavy atom. The van der Waals surface area contributed by atoms with Crippen molar-refractivity contribution in [2.75, 3.05) is 18.4 Å². The van der Waals surface area contributed by atoms with Crippen LogP contribution in [0.3, 0.4) is 0 Å². The molecule has 2 aromatic rings. The number of aryl methyl sites for hydroxylation is 3. The molecule has 1 aliphatic heterocycles. The summed E-state index contributed by atoms with van der Waals surface area (Å²) in [5.41, 5.74) is 2.02. The first-order valence-corrected chi connectivity index (χ1v) is 11.2. The first-order chi connectivity index (χ1) is 13.3. The van der Waals surface area contributed by atoms with Gasteiger partial charge in [0.15, 0.2) is 0 Å². The molecule has 0 saturated carbocycles. The molecule has 7 nitrogen and oxygen atoms in total. The zero-order chi connectivity index (χ0) is 20.3. The van der Waals surface area contributed by atoms with Gasteiger partial charge in [-0.1, -0.05) is 31.0 Å². The minimum atomic E-state index is -3.60. The van der Waals surface area contributed by atoms with Crippen LogP contribution in [0.1, 0.15) is 60.0 Å². The molecule has 3 rings (SSSR count). The molecular formula is C20H27N3O4S. The van der Waals surface area contributed by atoms with Crippen molar-refractivity contribution in [1.82, 2.24) is 9.46 Å². The van der Waals surface area contributed by atoms with Gasteiger partial charge in [0.05, 0.1) is 10.6 Å². The Kier molecular flexibility index (Phi) is 6.20. The van der Waals surface area contributed by atoms with Crippen LogP contribution in [0.4, 0.5) is 5.69 Å². The van der Waals surface area contributed by atoms with Crippen LogP contribution in [-0.4, -0.2) is 36.9 Å². The van der Waals surface area contributed by atoms with Crippen molar-refractivity contribution in [2.45, 2.75) is 57.8 Å². The highest BCUT2D eigenvalue weighted by Gasteiger charge is 2.27. The van der Waals surface area contributed by atoms with Crippen LogP contribution in [0.2, 0.25) is 0 Å². The summed E-state index contributed by atoms with van der Waals surface area (Å²) in [6.07, 6.45) is 4.41. The summed E-state index contributed by atoms with van der Waals surface area (Å²) in [6, 6.07) is 4.98. The standard InChI is InChI=1S/C20H27N3O4S/c1-4-17-19(15(3)22-27-17)20(24)21-16-10-9-14(2)18(13-16)28(25,26)23-11-7-5-6-8-12-23/h9-10,13H,4-8,11-12H2,1-3H3,(H,21,24). The van der Waals surface area contributed by atoms with Crippen LogP contribution in [-0.2, 0) is 16.4 Å². The normalized spacial score (nSPS) is 16.0. The molecule has 8 heteroatoms.